The summed E-state index contributed by atoms with van der Waals surface area (Å²) in [4.78, 5) is 146. The van der Waals surface area contributed by atoms with Crippen molar-refractivity contribution in [3.05, 3.63) is 54.2 Å². The van der Waals surface area contributed by atoms with E-state index in [1.54, 1.807) is 12.3 Å². The first-order chi connectivity index (χ1) is 34.7. The van der Waals surface area contributed by atoms with Crippen LogP contribution in [0.4, 0.5) is 0 Å². The van der Waals surface area contributed by atoms with Crippen molar-refractivity contribution >= 4 is 101 Å². The molecule has 3 aromatic rings. The van der Waals surface area contributed by atoms with Gasteiger partial charge in [0, 0.05) is 59.9 Å². The zero-order chi connectivity index (χ0) is 54.2. The number of H-pyrrole nitrogens is 2. The third-order valence-corrected chi connectivity index (χ3v) is 11.6. The number of rotatable bonds is 33. The Hall–Kier alpha value is -7.44. The van der Waals surface area contributed by atoms with Crippen LogP contribution in [-0.2, 0) is 60.8 Å². The van der Waals surface area contributed by atoms with Gasteiger partial charge in [-0.2, -0.15) is 25.3 Å². The third-order valence-electron chi connectivity index (χ3n) is 10.9. The standard InChI is InChI=1S/C43H64N16O12S2/c44-10-4-3-8-26(53-36(64)27(9-5-11-50-43(47)48)54-38(66)28(55-35(63)24(45)18-72)12-21-16-51-25-7-2-1-6-23(21)25)37(65)56-29(13-22-17-49-20-52-22)39(67)58-31(15-34(61)62)41(69)57-30(14-33(46)60)40(68)59-32(19-73)42(70)71/h1-2,6-7,16-17,20,24,26-32,51,72-73H,3-5,8-15,18-19,44-45H2,(H2,46,60)(H,49,52)(H,53,64)(H,54,66)(H,55,63)(H,56,65)(H,57,69)(H,58,67)(H,59,68)(H,61,62)(H,70,71)(H4,47,48,50)/t24-,26-,27-,28-,29-,30-,31-,32-/m0/s1. The van der Waals surface area contributed by atoms with E-state index in [0.29, 0.717) is 12.0 Å². The number of nitrogens with zero attached hydrogens (tertiary/aromatic N) is 2. The predicted octanol–water partition coefficient (Wildman–Crippen LogP) is -5.13. The van der Waals surface area contributed by atoms with Gasteiger partial charge in [-0.25, -0.2) is 9.78 Å². The van der Waals surface area contributed by atoms with Crippen molar-refractivity contribution < 1.29 is 58.2 Å². The maximum absolute atomic E-state index is 14.3. The van der Waals surface area contributed by atoms with Gasteiger partial charge >= 0.3 is 11.9 Å². The lowest BCUT2D eigenvalue weighted by Crippen LogP contribution is -2.61. The number of carbonyl (C=O) groups excluding carboxylic acids is 8. The number of aromatic amines is 2. The van der Waals surface area contributed by atoms with E-state index in [0.717, 1.165) is 10.9 Å². The zero-order valence-corrected chi connectivity index (χ0v) is 41.3. The Balaban J connectivity index is 1.96. The molecule has 0 spiro atoms. The molecule has 28 nitrogen and oxygen atoms in total. The van der Waals surface area contributed by atoms with Crippen LogP contribution in [0.1, 0.15) is 56.2 Å². The lowest BCUT2D eigenvalue weighted by atomic mass is 10.0. The fourth-order valence-corrected chi connectivity index (χ4v) is 7.48. The second kappa shape index (κ2) is 30.4. The van der Waals surface area contributed by atoms with E-state index in [-0.39, 0.29) is 69.0 Å². The molecule has 0 aliphatic rings. The molecule has 2 heterocycles. The summed E-state index contributed by atoms with van der Waals surface area (Å²) in [6.45, 7) is 0.224. The average Bonchev–Trinajstić information content (AvgIpc) is 4.02. The number of unbranched alkanes of at least 4 members (excludes halogenated alkanes) is 1. The molecule has 0 saturated carbocycles. The number of aliphatic imine (C=N–C) groups is 1. The number of thiol groups is 2. The van der Waals surface area contributed by atoms with Crippen LogP contribution in [0.15, 0.2) is 48.0 Å². The van der Waals surface area contributed by atoms with Gasteiger partial charge in [0.05, 0.1) is 25.2 Å². The van der Waals surface area contributed by atoms with Gasteiger partial charge in [-0.1, -0.05) is 18.2 Å². The lowest BCUT2D eigenvalue weighted by molar-refractivity contribution is -0.143. The first-order valence-electron chi connectivity index (χ1n) is 22.8. The van der Waals surface area contributed by atoms with E-state index < -0.39 is 126 Å². The highest BCUT2D eigenvalue weighted by molar-refractivity contribution is 7.80. The summed E-state index contributed by atoms with van der Waals surface area (Å²) in [6.07, 6.45) is 2.52. The number of hydrogen-bond donors (Lipinski definition) is 18. The number of para-hydroxylation sites is 1. The van der Waals surface area contributed by atoms with Crippen LogP contribution < -0.4 is 65.9 Å². The molecule has 0 fully saturated rings. The summed E-state index contributed by atoms with van der Waals surface area (Å²) in [7, 11) is 0. The molecule has 0 aliphatic heterocycles. The topological polar surface area (TPSA) is 482 Å². The molecule has 73 heavy (non-hydrogen) atoms. The highest BCUT2D eigenvalue weighted by Gasteiger charge is 2.36. The van der Waals surface area contributed by atoms with E-state index in [2.05, 4.69) is 82.4 Å². The molecule has 0 radical (unpaired) electrons. The van der Waals surface area contributed by atoms with Gasteiger partial charge in [-0.05, 0) is 50.3 Å². The Morgan fingerprint density at radius 1 is 0.630 bits per heavy atom. The maximum Gasteiger partial charge on any atom is 0.327 e. The van der Waals surface area contributed by atoms with Crippen molar-refractivity contribution in [1.29, 1.82) is 0 Å². The van der Waals surface area contributed by atoms with Gasteiger partial charge < -0.3 is 86.1 Å². The van der Waals surface area contributed by atoms with Crippen LogP contribution in [0.3, 0.4) is 0 Å². The highest BCUT2D eigenvalue weighted by atomic mass is 32.1. The van der Waals surface area contributed by atoms with Crippen LogP contribution in [0.5, 0.6) is 0 Å². The Labute approximate surface area is 428 Å². The number of benzene rings is 1. The first-order valence-corrected chi connectivity index (χ1v) is 24.0. The molecule has 3 rings (SSSR count). The Bertz CT molecular complexity index is 2420. The molecule has 0 bridgehead atoms. The predicted molar refractivity (Wildman–Crippen MR) is 270 cm³/mol. The molecular weight excluding hydrogens is 997 g/mol. The molecule has 0 aliphatic carbocycles. The first kappa shape index (κ1) is 59.9. The summed E-state index contributed by atoms with van der Waals surface area (Å²) in [5.74, 6) is -11.9. The fraction of sp³-hybridized carbons (Fsp3) is 0.488. The van der Waals surface area contributed by atoms with E-state index >= 15 is 0 Å². The zero-order valence-electron chi connectivity index (χ0n) is 39.5. The Morgan fingerprint density at radius 3 is 1.68 bits per heavy atom. The van der Waals surface area contributed by atoms with E-state index in [9.17, 15) is 58.2 Å². The minimum absolute atomic E-state index is 0.0280. The Morgan fingerprint density at radius 2 is 1.15 bits per heavy atom. The summed E-state index contributed by atoms with van der Waals surface area (Å²) in [6, 6.07) is -4.94. The summed E-state index contributed by atoms with van der Waals surface area (Å²) in [5, 5.41) is 36.8. The SMILES string of the molecule is NCCCC[C@H](NC(=O)[C@H](CCCN=C(N)N)NC(=O)[C@H](Cc1c[nH]c2ccccc12)NC(=O)[C@@H](N)CS)C(=O)N[C@@H](Cc1cnc[nH]1)C(=O)N[C@@H](CC(=O)O)C(=O)N[C@@H](CC(N)=O)C(=O)N[C@@H](CS)C(=O)O. The van der Waals surface area contributed by atoms with Crippen molar-refractivity contribution in [2.24, 2.45) is 33.7 Å². The minimum atomic E-state index is -1.98. The van der Waals surface area contributed by atoms with E-state index in [1.165, 1.54) is 12.5 Å². The largest absolute Gasteiger partial charge is 0.481 e. The number of amides is 8. The second-order valence-corrected chi connectivity index (χ2v) is 17.3. The maximum atomic E-state index is 14.3. The number of nitrogens with two attached hydrogens (primary N) is 5. The number of carboxylic acids is 2. The average molecular weight is 1060 g/mol. The molecule has 8 atom stereocenters. The molecule has 1 aromatic carbocycles. The van der Waals surface area contributed by atoms with Crippen molar-refractivity contribution in [3.63, 3.8) is 0 Å². The summed E-state index contributed by atoms with van der Waals surface area (Å²) in [5.41, 5.74) is 29.7. The second-order valence-electron chi connectivity index (χ2n) is 16.6. The third kappa shape index (κ3) is 20.3. The fourth-order valence-electron chi connectivity index (χ4n) is 7.06. The van der Waals surface area contributed by atoms with Gasteiger partial charge in [0.2, 0.25) is 47.3 Å². The van der Waals surface area contributed by atoms with Crippen LogP contribution >= 0.6 is 25.3 Å². The molecule has 2 aromatic heterocycles. The minimum Gasteiger partial charge on any atom is -0.481 e. The van der Waals surface area contributed by atoms with Gasteiger partial charge in [-0.15, -0.1) is 0 Å². The molecule has 0 unspecified atom stereocenters. The number of carbonyl (C=O) groups is 10. The summed E-state index contributed by atoms with van der Waals surface area (Å²) < 4.78 is 0. The number of primary amides is 1. The number of aliphatic carboxylic acids is 2. The number of aromatic nitrogens is 3. The molecule has 30 heteroatoms. The number of carboxylic acid groups (broad SMARTS) is 2. The molecule has 0 saturated heterocycles. The number of guanidine groups is 1. The van der Waals surface area contributed by atoms with Gasteiger partial charge in [0.25, 0.3) is 0 Å². The van der Waals surface area contributed by atoms with Crippen LogP contribution in [-0.4, -0.2) is 163 Å². The molecule has 21 N–H and O–H groups in total. The number of imidazole rings is 1. The van der Waals surface area contributed by atoms with Crippen LogP contribution in [0.2, 0.25) is 0 Å². The summed E-state index contributed by atoms with van der Waals surface area (Å²) >= 11 is 7.96. The van der Waals surface area contributed by atoms with E-state index in [4.69, 9.17) is 28.7 Å². The van der Waals surface area contributed by atoms with Crippen molar-refractivity contribution in [3.8, 4) is 0 Å². The number of nitrogens with one attached hydrogen (secondary N) is 9. The van der Waals surface area contributed by atoms with Gasteiger partial charge in [0.1, 0.15) is 42.3 Å². The smallest absolute Gasteiger partial charge is 0.327 e. The Kier molecular flexibility index (Phi) is 25.0. The molecule has 400 valence electrons. The number of fused-ring (bicyclic) bond motifs is 1. The van der Waals surface area contributed by atoms with Crippen molar-refractivity contribution in [1.82, 2.24) is 52.2 Å². The van der Waals surface area contributed by atoms with Crippen LogP contribution in [0, 0.1) is 0 Å². The monoisotopic (exact) mass is 1060 g/mol. The molecule has 8 amide bonds. The molecular formula is C43H64N16O12S2. The van der Waals surface area contributed by atoms with Crippen molar-refractivity contribution in [2.75, 3.05) is 24.6 Å². The highest BCUT2D eigenvalue weighted by Crippen LogP contribution is 2.20. The number of hydrogen-bond acceptors (Lipinski definition) is 16. The van der Waals surface area contributed by atoms with Gasteiger partial charge in [0.15, 0.2) is 5.96 Å². The van der Waals surface area contributed by atoms with Crippen molar-refractivity contribution in [2.45, 2.75) is 106 Å². The van der Waals surface area contributed by atoms with Gasteiger partial charge in [-0.3, -0.25) is 48.1 Å². The quantitative estimate of drug-likeness (QED) is 0.0117. The van der Waals surface area contributed by atoms with Crippen LogP contribution in [0.25, 0.3) is 10.9 Å². The normalized spacial score (nSPS) is 14.3. The lowest BCUT2D eigenvalue weighted by Gasteiger charge is -2.27. The van der Waals surface area contributed by atoms with E-state index in [1.807, 2.05) is 18.2 Å².